The summed E-state index contributed by atoms with van der Waals surface area (Å²) in [5, 5.41) is 6.27. The minimum absolute atomic E-state index is 0.0788. The van der Waals surface area contributed by atoms with Crippen LogP contribution in [-0.2, 0) is 14.4 Å². The van der Waals surface area contributed by atoms with Gasteiger partial charge in [0.25, 0.3) is 0 Å². The molecule has 4 nitrogen and oxygen atoms in total. The molecular formula is C24H17NO3S. The van der Waals surface area contributed by atoms with E-state index in [1.165, 1.54) is 12.1 Å². The largest absolute Gasteiger partial charge is 0.358 e. The topological polar surface area (TPSA) is 55.7 Å². The second kappa shape index (κ2) is 6.57. The molecule has 142 valence electrons. The van der Waals surface area contributed by atoms with Crippen LogP contribution in [0.15, 0.2) is 95.0 Å². The second-order valence-electron chi connectivity index (χ2n) is 7.04. The fourth-order valence-electron chi connectivity index (χ4n) is 3.76. The van der Waals surface area contributed by atoms with E-state index in [0.717, 1.165) is 38.6 Å². The minimum Gasteiger partial charge on any atom is -0.264 e. The van der Waals surface area contributed by atoms with Crippen molar-refractivity contribution in [2.45, 2.75) is 11.8 Å². The van der Waals surface area contributed by atoms with Crippen molar-refractivity contribution in [2.75, 3.05) is 0 Å². The summed E-state index contributed by atoms with van der Waals surface area (Å²) in [7, 11) is -4.01. The van der Waals surface area contributed by atoms with Gasteiger partial charge in [0.1, 0.15) is 10.6 Å². The highest BCUT2D eigenvalue weighted by molar-refractivity contribution is 7.86. The molecular weight excluding hydrogens is 382 g/mol. The molecule has 0 saturated heterocycles. The van der Waals surface area contributed by atoms with Gasteiger partial charge in [-0.2, -0.15) is 8.42 Å². The number of aryl methyl sites for hydroxylation is 1. The lowest BCUT2D eigenvalue weighted by atomic mass is 9.82. The first-order valence-electron chi connectivity index (χ1n) is 9.25. The number of oxime groups is 1. The van der Waals surface area contributed by atoms with Crippen LogP contribution < -0.4 is 0 Å². The van der Waals surface area contributed by atoms with E-state index in [0.29, 0.717) is 5.71 Å². The Bertz CT molecular complexity index is 1380. The number of rotatable bonds is 3. The molecule has 0 atom stereocenters. The van der Waals surface area contributed by atoms with Crippen molar-refractivity contribution in [2.24, 2.45) is 5.16 Å². The number of nitrogens with zero attached hydrogens (tertiary/aromatic N) is 1. The molecule has 0 bridgehead atoms. The van der Waals surface area contributed by atoms with Crippen LogP contribution in [-0.4, -0.2) is 14.1 Å². The van der Waals surface area contributed by atoms with E-state index in [4.69, 9.17) is 4.28 Å². The van der Waals surface area contributed by atoms with Crippen molar-refractivity contribution in [1.29, 1.82) is 0 Å². The van der Waals surface area contributed by atoms with E-state index < -0.39 is 10.1 Å². The maximum Gasteiger partial charge on any atom is 0.358 e. The third-order valence-electron chi connectivity index (χ3n) is 5.17. The highest BCUT2D eigenvalue weighted by Gasteiger charge is 2.25. The molecule has 1 aliphatic carbocycles. The maximum absolute atomic E-state index is 12.7. The third-order valence-corrected chi connectivity index (χ3v) is 6.29. The molecule has 0 radical (unpaired) electrons. The Labute approximate surface area is 169 Å². The van der Waals surface area contributed by atoms with Crippen LogP contribution in [0.2, 0.25) is 0 Å². The lowest BCUT2D eigenvalue weighted by molar-refractivity contribution is 0.339. The molecule has 0 spiro atoms. The third kappa shape index (κ3) is 2.91. The van der Waals surface area contributed by atoms with E-state index in [2.05, 4.69) is 11.2 Å². The van der Waals surface area contributed by atoms with Crippen LogP contribution in [0.4, 0.5) is 0 Å². The summed E-state index contributed by atoms with van der Waals surface area (Å²) < 4.78 is 30.5. The minimum atomic E-state index is -4.01. The predicted molar refractivity (Wildman–Crippen MR) is 114 cm³/mol. The van der Waals surface area contributed by atoms with Gasteiger partial charge in [-0.1, -0.05) is 83.5 Å². The van der Waals surface area contributed by atoms with Crippen LogP contribution in [0, 0.1) is 6.92 Å². The summed E-state index contributed by atoms with van der Waals surface area (Å²) in [5.74, 6) is 0. The van der Waals surface area contributed by atoms with E-state index in [-0.39, 0.29) is 4.90 Å². The standard InChI is InChI=1S/C24H17NO3S/c1-16-12-14-18(15-13-16)29(26,27)28-25-24-21-9-3-2-8-19(21)20-10-4-6-17-7-5-11-22(24)23(17)20/h2-15H,1H3/b25-24+. The van der Waals surface area contributed by atoms with Crippen LogP contribution >= 0.6 is 0 Å². The van der Waals surface area contributed by atoms with Gasteiger partial charge in [-0.25, -0.2) is 0 Å². The highest BCUT2D eigenvalue weighted by Crippen LogP contribution is 2.39. The second-order valence-corrected chi connectivity index (χ2v) is 8.57. The van der Waals surface area contributed by atoms with Gasteiger partial charge in [-0.05, 0) is 41.0 Å². The maximum atomic E-state index is 12.7. The summed E-state index contributed by atoms with van der Waals surface area (Å²) in [6.07, 6.45) is 0. The number of hydrogen-bond acceptors (Lipinski definition) is 4. The van der Waals surface area contributed by atoms with Crippen molar-refractivity contribution in [3.8, 4) is 11.1 Å². The Morgan fingerprint density at radius 2 is 1.31 bits per heavy atom. The smallest absolute Gasteiger partial charge is 0.264 e. The first-order valence-corrected chi connectivity index (χ1v) is 10.7. The van der Waals surface area contributed by atoms with Gasteiger partial charge in [0.05, 0.1) is 0 Å². The molecule has 0 fully saturated rings. The van der Waals surface area contributed by atoms with Crippen molar-refractivity contribution < 1.29 is 12.7 Å². The molecule has 0 aliphatic heterocycles. The van der Waals surface area contributed by atoms with Crippen molar-refractivity contribution >= 4 is 26.6 Å². The molecule has 5 rings (SSSR count). The Hall–Kier alpha value is -3.44. The molecule has 0 amide bonds. The van der Waals surface area contributed by atoms with Gasteiger partial charge in [0, 0.05) is 11.1 Å². The Balaban J connectivity index is 1.69. The molecule has 4 aromatic carbocycles. The quantitative estimate of drug-likeness (QED) is 0.388. The van der Waals surface area contributed by atoms with Gasteiger partial charge in [-0.15, -0.1) is 0 Å². The van der Waals surface area contributed by atoms with Gasteiger partial charge >= 0.3 is 10.1 Å². The monoisotopic (exact) mass is 399 g/mol. The average molecular weight is 399 g/mol. The zero-order chi connectivity index (χ0) is 20.0. The Morgan fingerprint density at radius 3 is 2.03 bits per heavy atom. The van der Waals surface area contributed by atoms with Crippen molar-refractivity contribution in [1.82, 2.24) is 0 Å². The molecule has 29 heavy (non-hydrogen) atoms. The van der Waals surface area contributed by atoms with Gasteiger partial charge in [-0.3, -0.25) is 4.28 Å². The van der Waals surface area contributed by atoms with E-state index in [1.54, 1.807) is 12.1 Å². The van der Waals surface area contributed by atoms with Crippen LogP contribution in [0.1, 0.15) is 16.7 Å². The zero-order valence-electron chi connectivity index (χ0n) is 15.7. The summed E-state index contributed by atoms with van der Waals surface area (Å²) in [5.41, 5.74) is 5.30. The Morgan fingerprint density at radius 1 is 0.690 bits per heavy atom. The average Bonchev–Trinajstić information content (AvgIpc) is 2.74. The lowest BCUT2D eigenvalue weighted by Gasteiger charge is -2.21. The summed E-state index contributed by atoms with van der Waals surface area (Å²) in [4.78, 5) is 0.0788. The lowest BCUT2D eigenvalue weighted by Crippen LogP contribution is -2.13. The van der Waals surface area contributed by atoms with Crippen LogP contribution in [0.25, 0.3) is 21.9 Å². The van der Waals surface area contributed by atoms with Gasteiger partial charge in [0.2, 0.25) is 0 Å². The van der Waals surface area contributed by atoms with E-state index >= 15 is 0 Å². The number of benzene rings is 4. The first kappa shape index (κ1) is 17.6. The predicted octanol–water partition coefficient (Wildman–Crippen LogP) is 5.29. The first-order chi connectivity index (χ1) is 14.0. The summed E-state index contributed by atoms with van der Waals surface area (Å²) in [6.45, 7) is 1.90. The van der Waals surface area contributed by atoms with Crippen molar-refractivity contribution in [3.63, 3.8) is 0 Å². The van der Waals surface area contributed by atoms with Gasteiger partial charge < -0.3 is 0 Å². The summed E-state index contributed by atoms with van der Waals surface area (Å²) in [6, 6.07) is 26.4. The highest BCUT2D eigenvalue weighted by atomic mass is 32.2. The molecule has 0 saturated carbocycles. The van der Waals surface area contributed by atoms with E-state index in [9.17, 15) is 8.42 Å². The molecule has 0 unspecified atom stereocenters. The SMILES string of the molecule is Cc1ccc(S(=O)(=O)O/N=C2\c3ccccc3-c3cccc4cccc2c34)cc1. The molecule has 0 aromatic heterocycles. The molecule has 0 heterocycles. The molecule has 1 aliphatic rings. The number of fused-ring (bicyclic) bond motifs is 2. The normalized spacial score (nSPS) is 14.0. The number of hydrogen-bond donors (Lipinski definition) is 0. The fourth-order valence-corrected chi connectivity index (χ4v) is 4.49. The van der Waals surface area contributed by atoms with Crippen molar-refractivity contribution in [3.05, 3.63) is 102 Å². The van der Waals surface area contributed by atoms with Gasteiger partial charge in [0.15, 0.2) is 0 Å². The van der Waals surface area contributed by atoms with Crippen LogP contribution in [0.5, 0.6) is 0 Å². The van der Waals surface area contributed by atoms with Crippen LogP contribution in [0.3, 0.4) is 0 Å². The Kier molecular flexibility index (Phi) is 4.00. The van der Waals surface area contributed by atoms with E-state index in [1.807, 2.05) is 61.5 Å². The molecule has 5 heteroatoms. The zero-order valence-corrected chi connectivity index (χ0v) is 16.5. The fraction of sp³-hybridized carbons (Fsp3) is 0.0417. The molecule has 0 N–H and O–H groups in total. The summed E-state index contributed by atoms with van der Waals surface area (Å²) >= 11 is 0. The molecule has 4 aromatic rings.